The number of alkyl halides is 1. The third kappa shape index (κ3) is 4.48. The number of nitriles is 3. The van der Waals surface area contributed by atoms with E-state index in [2.05, 4.69) is 13.7 Å². The van der Waals surface area contributed by atoms with E-state index in [4.69, 9.17) is 15.8 Å². The molecule has 2 atom stereocenters. The van der Waals surface area contributed by atoms with Crippen molar-refractivity contribution in [3.63, 3.8) is 0 Å². The summed E-state index contributed by atoms with van der Waals surface area (Å²) in [6.07, 6.45) is -3.31. The highest BCUT2D eigenvalue weighted by Crippen LogP contribution is 2.41. The molecule has 2 aromatic carbocycles. The normalized spacial score (nSPS) is 19.2. The molecule has 42 heavy (non-hydrogen) atoms. The average Bonchev–Trinajstić information content (AvgIpc) is 2.95. The molecule has 0 amide bonds. The number of nitrogens with zero attached hydrogens (tertiary/aromatic N) is 3. The summed E-state index contributed by atoms with van der Waals surface area (Å²) in [6.45, 7) is 0. The summed E-state index contributed by atoms with van der Waals surface area (Å²) in [4.78, 5) is 0. The van der Waals surface area contributed by atoms with Crippen LogP contribution in [-0.4, -0.2) is 27.5 Å². The Morgan fingerprint density at radius 2 is 0.881 bits per heavy atom. The van der Waals surface area contributed by atoms with Crippen molar-refractivity contribution in [2.75, 3.05) is 0 Å². The Labute approximate surface area is 226 Å². The van der Waals surface area contributed by atoms with Crippen molar-refractivity contribution in [1.82, 2.24) is 0 Å². The van der Waals surface area contributed by atoms with Gasteiger partial charge in [0.05, 0.1) is 22.5 Å². The van der Waals surface area contributed by atoms with Gasteiger partial charge in [-0.25, -0.2) is 52.7 Å². The molecule has 2 aliphatic rings. The van der Waals surface area contributed by atoms with E-state index in [-0.39, 0.29) is 0 Å². The van der Waals surface area contributed by atoms with E-state index in [1.807, 2.05) is 0 Å². The van der Waals surface area contributed by atoms with E-state index < -0.39 is 125 Å². The topological polar surface area (TPSA) is 99.1 Å². The zero-order valence-electron chi connectivity index (χ0n) is 19.5. The Bertz CT molecular complexity index is 1590. The molecule has 1 aliphatic heterocycles. The molecule has 4 rings (SSSR count). The van der Waals surface area contributed by atoms with Gasteiger partial charge in [-0.1, -0.05) is 0 Å². The van der Waals surface area contributed by atoms with Gasteiger partial charge in [-0.2, -0.15) is 15.8 Å². The second-order valence-corrected chi connectivity index (χ2v) is 8.15. The maximum atomic E-state index is 14.8. The van der Waals surface area contributed by atoms with Gasteiger partial charge >= 0.3 is 21.4 Å². The highest BCUT2D eigenvalue weighted by atomic mass is 19.2. The fraction of sp³-hybridized carbons (Fsp3) is 0.0952. The number of hydrogen-bond acceptors (Lipinski definition) is 6. The minimum absolute atomic E-state index is 0.772. The van der Waals surface area contributed by atoms with Gasteiger partial charge in [-0.05, 0) is 0 Å². The van der Waals surface area contributed by atoms with Crippen LogP contribution in [0.15, 0.2) is 23.0 Å². The summed E-state index contributed by atoms with van der Waals surface area (Å²) in [6, 6.07) is 2.43. The Kier molecular flexibility index (Phi) is 8.10. The third-order valence-corrected chi connectivity index (χ3v) is 5.92. The first kappa shape index (κ1) is 30.6. The molecule has 2 aromatic rings. The molecule has 0 bridgehead atoms. The Morgan fingerprint density at radius 3 is 1.21 bits per heavy atom. The summed E-state index contributed by atoms with van der Waals surface area (Å²) in [5.41, 5.74) is -9.79. The van der Waals surface area contributed by atoms with Crippen molar-refractivity contribution in [2.45, 2.75) is 6.17 Å². The Hall–Kier alpha value is -4.38. The van der Waals surface area contributed by atoms with Crippen molar-refractivity contribution in [2.24, 2.45) is 5.92 Å². The molecule has 212 valence electrons. The van der Waals surface area contributed by atoms with E-state index in [9.17, 15) is 52.7 Å². The van der Waals surface area contributed by atoms with Gasteiger partial charge in [0.15, 0.2) is 64.4 Å². The number of rotatable bonds is 3. The average molecular weight is 605 g/mol. The van der Waals surface area contributed by atoms with E-state index >= 15 is 0 Å². The largest absolute Gasteiger partial charge is 0.473 e. The van der Waals surface area contributed by atoms with E-state index in [1.54, 1.807) is 0 Å². The second-order valence-electron chi connectivity index (χ2n) is 8.15. The Morgan fingerprint density at radius 1 is 0.524 bits per heavy atom. The molecule has 6 nitrogen and oxygen atoms in total. The van der Waals surface area contributed by atoms with Crippen LogP contribution in [0, 0.1) is 86.4 Å². The fourth-order valence-electron chi connectivity index (χ4n) is 3.88. The molecule has 2 unspecified atom stereocenters. The smallest absolute Gasteiger partial charge is 0.444 e. The number of hydrogen-bond donors (Lipinski definition) is 0. The molecule has 0 spiro atoms. The lowest BCUT2D eigenvalue weighted by atomic mass is 9.59. The summed E-state index contributed by atoms with van der Waals surface area (Å²) in [5, 5.41) is 26.3. The lowest BCUT2D eigenvalue weighted by molar-refractivity contribution is 0.244. The van der Waals surface area contributed by atoms with Gasteiger partial charge in [-0.3, -0.25) is 0 Å². The van der Waals surface area contributed by atoms with Crippen LogP contribution in [0.5, 0.6) is 0 Å². The number of benzene rings is 2. The summed E-state index contributed by atoms with van der Waals surface area (Å²) in [7, 11) is -9.46. The minimum atomic E-state index is -3.31. The molecule has 0 radical (unpaired) electrons. The third-order valence-electron chi connectivity index (χ3n) is 5.92. The zero-order valence-corrected chi connectivity index (χ0v) is 19.5. The molecule has 21 heteroatoms. The van der Waals surface area contributed by atoms with Crippen LogP contribution in [0.1, 0.15) is 11.1 Å². The maximum Gasteiger partial charge on any atom is 0.473 e. The second kappa shape index (κ2) is 11.1. The van der Waals surface area contributed by atoms with Gasteiger partial charge in [0.2, 0.25) is 0 Å². The molecule has 0 aromatic heterocycles. The van der Waals surface area contributed by atoms with E-state index in [1.165, 1.54) is 0 Å². The lowest BCUT2D eigenvalue weighted by Gasteiger charge is -2.34. The highest BCUT2D eigenvalue weighted by Gasteiger charge is 2.54. The van der Waals surface area contributed by atoms with E-state index in [0.29, 0.717) is 0 Å². The quantitative estimate of drug-likeness (QED) is 0.302. The molecule has 1 heterocycles. The summed E-state index contributed by atoms with van der Waals surface area (Å²) < 4.78 is 189. The minimum Gasteiger partial charge on any atom is -0.444 e. The monoisotopic (exact) mass is 605 g/mol. The highest BCUT2D eigenvalue weighted by molar-refractivity contribution is 6.85. The van der Waals surface area contributed by atoms with Crippen LogP contribution >= 0.6 is 0 Å². The molecule has 1 aliphatic carbocycles. The first-order chi connectivity index (χ1) is 19.7. The van der Waals surface area contributed by atoms with Crippen molar-refractivity contribution in [1.29, 1.82) is 15.8 Å². The van der Waals surface area contributed by atoms with Crippen LogP contribution in [0.3, 0.4) is 0 Å². The Balaban J connectivity index is 1.98. The fourth-order valence-corrected chi connectivity index (χ4v) is 3.88. The predicted molar refractivity (Wildman–Crippen MR) is 113 cm³/mol. The molecule has 1 fully saturated rings. The molecule has 1 saturated heterocycles. The standard InChI is InChI=1S/C21H2B3F12N3O3/c25-10-4(1-37)11(26)17(32)7(16(10)31)22-40-23(8-18(33)12(27)5(2-38)13(28)19(8)34)42-24(41-22)9-20(35)14(29)6(3-39)15(30)21(9)36/h4,10H. The number of allylic oxidation sites excluding steroid dienone is 4. The SMILES string of the molecule is N#Cc1c(F)c(F)c(B2OB(C3=C(F)C(F)C(C#N)C(F)=C3F)OB(c3c(F)c(F)c(C#N)c(F)c3F)O2)c(F)c1F. The van der Waals surface area contributed by atoms with Gasteiger partial charge in [0.1, 0.15) is 35.0 Å². The van der Waals surface area contributed by atoms with Gasteiger partial charge in [0.25, 0.3) is 0 Å². The van der Waals surface area contributed by atoms with Crippen LogP contribution in [0.2, 0.25) is 0 Å². The van der Waals surface area contributed by atoms with Crippen molar-refractivity contribution in [3.05, 3.63) is 80.6 Å². The van der Waals surface area contributed by atoms with Gasteiger partial charge in [-0.15, -0.1) is 0 Å². The molecule has 0 saturated carbocycles. The maximum absolute atomic E-state index is 14.8. The molecule has 0 N–H and O–H groups in total. The molecular weight excluding hydrogens is 603 g/mol. The first-order valence-corrected chi connectivity index (χ1v) is 10.7. The number of halogens is 12. The molecular formula is C21H2B3F12N3O3. The van der Waals surface area contributed by atoms with Crippen molar-refractivity contribution < 1.29 is 66.4 Å². The predicted octanol–water partition coefficient (Wildman–Crippen LogP) is 3.59. The van der Waals surface area contributed by atoms with Gasteiger partial charge < -0.3 is 13.7 Å². The van der Waals surface area contributed by atoms with Crippen LogP contribution in [-0.2, 0) is 13.7 Å². The zero-order chi connectivity index (χ0) is 31.4. The van der Waals surface area contributed by atoms with Crippen molar-refractivity contribution >= 4 is 32.3 Å². The van der Waals surface area contributed by atoms with Crippen LogP contribution in [0.25, 0.3) is 0 Å². The van der Waals surface area contributed by atoms with Gasteiger partial charge in [0, 0.05) is 0 Å². The first-order valence-electron chi connectivity index (χ1n) is 10.7. The summed E-state index contributed by atoms with van der Waals surface area (Å²) in [5.74, 6) is -29.5. The van der Waals surface area contributed by atoms with Crippen LogP contribution in [0.4, 0.5) is 52.7 Å². The van der Waals surface area contributed by atoms with E-state index in [0.717, 1.165) is 18.2 Å². The van der Waals surface area contributed by atoms with Crippen LogP contribution < -0.4 is 10.9 Å². The summed E-state index contributed by atoms with van der Waals surface area (Å²) >= 11 is 0. The lowest BCUT2D eigenvalue weighted by Crippen LogP contribution is -2.61. The van der Waals surface area contributed by atoms with Crippen molar-refractivity contribution in [3.8, 4) is 18.2 Å².